The van der Waals surface area contributed by atoms with E-state index in [0.29, 0.717) is 0 Å². The second-order valence-electron chi connectivity index (χ2n) is 4.27. The van der Waals surface area contributed by atoms with E-state index >= 15 is 0 Å². The molecule has 0 aliphatic rings. The first-order valence-electron chi connectivity index (χ1n) is 5.80. The number of para-hydroxylation sites is 2. The molecule has 88 valence electrons. The molecular weight excluding hydrogens is 208 g/mol. The molecule has 0 heterocycles. The van der Waals surface area contributed by atoms with Crippen LogP contribution in [0.3, 0.4) is 0 Å². The summed E-state index contributed by atoms with van der Waals surface area (Å²) in [4.78, 5) is 0. The van der Waals surface area contributed by atoms with Gasteiger partial charge >= 0.3 is 0 Å². The molecule has 0 unspecified atom stereocenters. The van der Waals surface area contributed by atoms with E-state index in [1.165, 1.54) is 16.8 Å². The minimum absolute atomic E-state index is 1.15. The summed E-state index contributed by atoms with van der Waals surface area (Å²) >= 11 is 0. The lowest BCUT2D eigenvalue weighted by Gasteiger charge is -2.24. The average molecular weight is 226 g/mol. The highest BCUT2D eigenvalue weighted by Crippen LogP contribution is 2.21. The number of anilines is 2. The van der Waals surface area contributed by atoms with Crippen molar-refractivity contribution in [3.63, 3.8) is 0 Å². The van der Waals surface area contributed by atoms with E-state index in [1.807, 2.05) is 30.3 Å². The van der Waals surface area contributed by atoms with Crippen LogP contribution in [-0.4, -0.2) is 7.05 Å². The van der Waals surface area contributed by atoms with Crippen molar-refractivity contribution in [3.05, 3.63) is 59.7 Å². The van der Waals surface area contributed by atoms with Crippen molar-refractivity contribution in [2.45, 2.75) is 13.8 Å². The van der Waals surface area contributed by atoms with Crippen LogP contribution in [0, 0.1) is 13.8 Å². The maximum atomic E-state index is 3.43. The molecular formula is C15H18N2. The first kappa shape index (κ1) is 11.5. The maximum absolute atomic E-state index is 3.43. The number of nitrogens with one attached hydrogen (secondary N) is 1. The SMILES string of the molecule is Cc1cccc(C)c1NN(C)c1ccccc1. The summed E-state index contributed by atoms with van der Waals surface area (Å²) in [5.41, 5.74) is 8.27. The highest BCUT2D eigenvalue weighted by atomic mass is 15.5. The number of rotatable bonds is 3. The van der Waals surface area contributed by atoms with Gasteiger partial charge in [-0.3, -0.25) is 10.4 Å². The van der Waals surface area contributed by atoms with Crippen LogP contribution in [0.2, 0.25) is 0 Å². The molecule has 0 atom stereocenters. The topological polar surface area (TPSA) is 15.3 Å². The Labute approximate surface area is 103 Å². The van der Waals surface area contributed by atoms with Gasteiger partial charge in [-0.15, -0.1) is 0 Å². The standard InChI is InChI=1S/C15H18N2/c1-12-8-7-9-13(2)15(12)16-17(3)14-10-5-4-6-11-14/h4-11,16H,1-3H3. The Hall–Kier alpha value is -1.96. The normalized spacial score (nSPS) is 10.1. The first-order chi connectivity index (χ1) is 8.18. The fourth-order valence-corrected chi connectivity index (χ4v) is 1.87. The summed E-state index contributed by atoms with van der Waals surface area (Å²) in [5, 5.41) is 2.04. The number of hydrogen-bond donors (Lipinski definition) is 1. The van der Waals surface area contributed by atoms with Gasteiger partial charge in [-0.05, 0) is 37.1 Å². The molecule has 0 saturated heterocycles. The van der Waals surface area contributed by atoms with Gasteiger partial charge in [-0.1, -0.05) is 36.4 Å². The van der Waals surface area contributed by atoms with Crippen LogP contribution in [0.5, 0.6) is 0 Å². The first-order valence-corrected chi connectivity index (χ1v) is 5.80. The number of benzene rings is 2. The Balaban J connectivity index is 2.22. The van der Waals surface area contributed by atoms with Gasteiger partial charge in [-0.2, -0.15) is 0 Å². The number of aryl methyl sites for hydroxylation is 2. The molecule has 2 aromatic carbocycles. The second kappa shape index (κ2) is 4.91. The minimum atomic E-state index is 1.15. The van der Waals surface area contributed by atoms with Crippen LogP contribution in [0.15, 0.2) is 48.5 Å². The number of hydrazine groups is 1. The Morgan fingerprint density at radius 1 is 0.824 bits per heavy atom. The fraction of sp³-hybridized carbons (Fsp3) is 0.200. The van der Waals surface area contributed by atoms with Gasteiger partial charge in [0.15, 0.2) is 0 Å². The van der Waals surface area contributed by atoms with Crippen molar-refractivity contribution in [3.8, 4) is 0 Å². The van der Waals surface area contributed by atoms with Crippen LogP contribution in [-0.2, 0) is 0 Å². The predicted octanol–water partition coefficient (Wildman–Crippen LogP) is 3.77. The molecule has 2 heteroatoms. The Morgan fingerprint density at radius 3 is 2.00 bits per heavy atom. The lowest BCUT2D eigenvalue weighted by atomic mass is 10.1. The van der Waals surface area contributed by atoms with Gasteiger partial charge in [0.25, 0.3) is 0 Å². The van der Waals surface area contributed by atoms with Crippen LogP contribution < -0.4 is 10.4 Å². The third-order valence-electron chi connectivity index (χ3n) is 2.90. The van der Waals surface area contributed by atoms with Crippen LogP contribution in [0.25, 0.3) is 0 Å². The predicted molar refractivity (Wildman–Crippen MR) is 74.4 cm³/mol. The number of hydrogen-bond acceptors (Lipinski definition) is 2. The van der Waals surface area contributed by atoms with Crippen LogP contribution >= 0.6 is 0 Å². The van der Waals surface area contributed by atoms with Crippen LogP contribution in [0.1, 0.15) is 11.1 Å². The van der Waals surface area contributed by atoms with Gasteiger partial charge < -0.3 is 0 Å². The van der Waals surface area contributed by atoms with Gasteiger partial charge in [0.2, 0.25) is 0 Å². The summed E-state index contributed by atoms with van der Waals surface area (Å²) in [6, 6.07) is 16.6. The zero-order valence-corrected chi connectivity index (χ0v) is 10.6. The van der Waals surface area contributed by atoms with Crippen molar-refractivity contribution >= 4 is 11.4 Å². The molecule has 0 radical (unpaired) electrons. The van der Waals surface area contributed by atoms with E-state index in [1.54, 1.807) is 0 Å². The molecule has 1 N–H and O–H groups in total. The fourth-order valence-electron chi connectivity index (χ4n) is 1.87. The van der Waals surface area contributed by atoms with Crippen molar-refractivity contribution < 1.29 is 0 Å². The largest absolute Gasteiger partial charge is 0.298 e. The molecule has 0 aliphatic carbocycles. The molecule has 0 aromatic heterocycles. The molecule has 0 saturated carbocycles. The summed E-state index contributed by atoms with van der Waals surface area (Å²) in [7, 11) is 2.03. The molecule has 2 rings (SSSR count). The van der Waals surface area contributed by atoms with Gasteiger partial charge in [0, 0.05) is 7.05 Å². The number of nitrogens with zero attached hydrogens (tertiary/aromatic N) is 1. The van der Waals surface area contributed by atoms with Gasteiger partial charge in [0.1, 0.15) is 0 Å². The second-order valence-corrected chi connectivity index (χ2v) is 4.27. The Kier molecular flexibility index (Phi) is 3.33. The van der Waals surface area contributed by atoms with Gasteiger partial charge in [0.05, 0.1) is 11.4 Å². The summed E-state index contributed by atoms with van der Waals surface area (Å²) in [6.45, 7) is 4.24. The van der Waals surface area contributed by atoms with Crippen molar-refractivity contribution in [1.82, 2.24) is 0 Å². The van der Waals surface area contributed by atoms with Crippen LogP contribution in [0.4, 0.5) is 11.4 Å². The summed E-state index contributed by atoms with van der Waals surface area (Å²) in [5.74, 6) is 0. The summed E-state index contributed by atoms with van der Waals surface area (Å²) in [6.07, 6.45) is 0. The Morgan fingerprint density at radius 2 is 1.41 bits per heavy atom. The molecule has 0 bridgehead atoms. The van der Waals surface area contributed by atoms with Crippen molar-refractivity contribution in [2.75, 3.05) is 17.5 Å². The van der Waals surface area contributed by atoms with E-state index < -0.39 is 0 Å². The average Bonchev–Trinajstić information content (AvgIpc) is 2.35. The smallest absolute Gasteiger partial charge is 0.0600 e. The third-order valence-corrected chi connectivity index (χ3v) is 2.90. The van der Waals surface area contributed by atoms with E-state index in [9.17, 15) is 0 Å². The maximum Gasteiger partial charge on any atom is 0.0600 e. The highest BCUT2D eigenvalue weighted by Gasteiger charge is 2.04. The molecule has 0 fully saturated rings. The summed E-state index contributed by atoms with van der Waals surface area (Å²) < 4.78 is 0. The van der Waals surface area contributed by atoms with E-state index in [-0.39, 0.29) is 0 Å². The minimum Gasteiger partial charge on any atom is -0.298 e. The third kappa shape index (κ3) is 2.59. The zero-order valence-electron chi connectivity index (χ0n) is 10.6. The highest BCUT2D eigenvalue weighted by molar-refractivity contribution is 5.61. The van der Waals surface area contributed by atoms with E-state index in [2.05, 4.69) is 49.6 Å². The lowest BCUT2D eigenvalue weighted by molar-refractivity contribution is 1.08. The van der Waals surface area contributed by atoms with Crippen molar-refractivity contribution in [2.24, 2.45) is 0 Å². The Bertz CT molecular complexity index is 471. The monoisotopic (exact) mass is 226 g/mol. The van der Waals surface area contributed by atoms with E-state index in [4.69, 9.17) is 0 Å². The molecule has 17 heavy (non-hydrogen) atoms. The van der Waals surface area contributed by atoms with Gasteiger partial charge in [-0.25, -0.2) is 0 Å². The van der Waals surface area contributed by atoms with E-state index in [0.717, 1.165) is 5.69 Å². The molecule has 0 aliphatic heterocycles. The molecule has 2 nitrogen and oxygen atoms in total. The lowest BCUT2D eigenvalue weighted by Crippen LogP contribution is -2.25. The molecule has 2 aromatic rings. The van der Waals surface area contributed by atoms with Crippen molar-refractivity contribution in [1.29, 1.82) is 0 Å². The molecule has 0 amide bonds. The molecule has 0 spiro atoms. The quantitative estimate of drug-likeness (QED) is 0.801. The zero-order chi connectivity index (χ0) is 12.3.